The molecule has 2 atom stereocenters. The Morgan fingerprint density at radius 1 is 1.02 bits per heavy atom. The number of carboxylic acid groups (broad SMARTS) is 1. The summed E-state index contributed by atoms with van der Waals surface area (Å²) < 4.78 is 21.5. The number of rotatable bonds is 11. The second kappa shape index (κ2) is 11.5. The number of carbonyl (C=O) groups excluding carboxylic acids is 1. The number of aliphatic carboxylic acids is 1. The number of halogens is 3. The minimum absolute atomic E-state index is 0.0296. The van der Waals surface area contributed by atoms with Crippen molar-refractivity contribution in [3.63, 3.8) is 0 Å². The lowest BCUT2D eigenvalue weighted by Gasteiger charge is -2.51. The molecular formula is C33H33Cl2FN2O4. The largest absolute Gasteiger partial charge is 0.493 e. The number of carboxylic acids is 1. The Morgan fingerprint density at radius 3 is 2.29 bits per heavy atom. The number of hydrogen-bond acceptors (Lipinski definition) is 4. The van der Waals surface area contributed by atoms with Crippen LogP contribution in [0.25, 0.3) is 0 Å². The average molecular weight is 612 g/mol. The molecule has 1 heterocycles. The number of hydrogen-bond donors (Lipinski definition) is 2. The maximum Gasteiger partial charge on any atom is 0.326 e. The fourth-order valence-corrected chi connectivity index (χ4v) is 6.60. The van der Waals surface area contributed by atoms with Gasteiger partial charge in [0.25, 0.3) is 5.91 Å². The van der Waals surface area contributed by atoms with E-state index in [-0.39, 0.29) is 28.9 Å². The highest BCUT2D eigenvalue weighted by molar-refractivity contribution is 6.34. The zero-order valence-corrected chi connectivity index (χ0v) is 24.8. The van der Waals surface area contributed by atoms with Crippen LogP contribution in [-0.4, -0.2) is 47.6 Å². The third-order valence-electron chi connectivity index (χ3n) is 8.43. The topological polar surface area (TPSA) is 78.9 Å². The van der Waals surface area contributed by atoms with Crippen LogP contribution in [0.15, 0.2) is 60.7 Å². The van der Waals surface area contributed by atoms with Gasteiger partial charge in [0.05, 0.1) is 18.2 Å². The lowest BCUT2D eigenvalue weighted by molar-refractivity contribution is -0.139. The van der Waals surface area contributed by atoms with Gasteiger partial charge in [-0.2, -0.15) is 0 Å². The van der Waals surface area contributed by atoms with E-state index in [1.807, 2.05) is 30.3 Å². The van der Waals surface area contributed by atoms with E-state index in [4.69, 9.17) is 27.9 Å². The highest BCUT2D eigenvalue weighted by Gasteiger charge is 2.44. The molecule has 0 aromatic heterocycles. The summed E-state index contributed by atoms with van der Waals surface area (Å²) >= 11 is 12.7. The Morgan fingerprint density at radius 2 is 1.69 bits per heavy atom. The molecule has 1 unspecified atom stereocenters. The summed E-state index contributed by atoms with van der Waals surface area (Å²) in [6.07, 6.45) is 3.37. The molecule has 6 rings (SSSR count). The van der Waals surface area contributed by atoms with Crippen molar-refractivity contribution in [2.75, 3.05) is 19.7 Å². The SMILES string of the molecule is CC1(COc2cc(F)c(C(=O)NC(C(=O)O)C3CC3)cc2C2CC2)CN([C@@H](c2ccccc2)c2cc(Cl)cc(Cl)c2)C1. The Balaban J connectivity index is 1.16. The summed E-state index contributed by atoms with van der Waals surface area (Å²) in [4.78, 5) is 26.8. The molecule has 1 aliphatic heterocycles. The molecule has 220 valence electrons. The number of ether oxygens (including phenoxy) is 1. The predicted octanol–water partition coefficient (Wildman–Crippen LogP) is 7.09. The van der Waals surface area contributed by atoms with Gasteiger partial charge in [0, 0.05) is 34.6 Å². The molecule has 3 aliphatic rings. The highest BCUT2D eigenvalue weighted by atomic mass is 35.5. The first-order valence-corrected chi connectivity index (χ1v) is 15.1. The summed E-state index contributed by atoms with van der Waals surface area (Å²) in [5, 5.41) is 13.2. The molecule has 0 bridgehead atoms. The van der Waals surface area contributed by atoms with Gasteiger partial charge in [-0.15, -0.1) is 0 Å². The zero-order valence-electron chi connectivity index (χ0n) is 23.3. The van der Waals surface area contributed by atoms with E-state index in [2.05, 4.69) is 29.3 Å². The highest BCUT2D eigenvalue weighted by Crippen LogP contribution is 2.46. The van der Waals surface area contributed by atoms with Crippen molar-refractivity contribution >= 4 is 35.1 Å². The van der Waals surface area contributed by atoms with Crippen LogP contribution in [0.3, 0.4) is 0 Å². The van der Waals surface area contributed by atoms with Gasteiger partial charge in [-0.25, -0.2) is 9.18 Å². The molecule has 3 fully saturated rings. The van der Waals surface area contributed by atoms with Gasteiger partial charge >= 0.3 is 5.97 Å². The van der Waals surface area contributed by atoms with Crippen molar-refractivity contribution in [2.24, 2.45) is 11.3 Å². The quantitative estimate of drug-likeness (QED) is 0.242. The second-order valence-corrected chi connectivity index (χ2v) is 13.2. The molecule has 6 nitrogen and oxygen atoms in total. The van der Waals surface area contributed by atoms with Crippen molar-refractivity contribution in [3.05, 3.63) is 98.8 Å². The number of benzene rings is 3. The smallest absolute Gasteiger partial charge is 0.326 e. The van der Waals surface area contributed by atoms with Crippen LogP contribution in [0.4, 0.5) is 4.39 Å². The normalized spacial score (nSPS) is 19.4. The van der Waals surface area contributed by atoms with Gasteiger partial charge in [0.15, 0.2) is 0 Å². The van der Waals surface area contributed by atoms with E-state index < -0.39 is 23.7 Å². The van der Waals surface area contributed by atoms with Crippen LogP contribution in [0, 0.1) is 17.2 Å². The predicted molar refractivity (Wildman–Crippen MR) is 160 cm³/mol. The first-order chi connectivity index (χ1) is 20.1. The maximum atomic E-state index is 15.2. The minimum Gasteiger partial charge on any atom is -0.493 e. The molecule has 3 aromatic rings. The van der Waals surface area contributed by atoms with E-state index in [0.29, 0.717) is 22.4 Å². The van der Waals surface area contributed by atoms with Crippen molar-refractivity contribution in [1.82, 2.24) is 10.2 Å². The lowest BCUT2D eigenvalue weighted by Crippen LogP contribution is -2.58. The van der Waals surface area contributed by atoms with Crippen molar-refractivity contribution in [2.45, 2.75) is 50.6 Å². The van der Waals surface area contributed by atoms with Crippen LogP contribution in [0.1, 0.15) is 71.6 Å². The Labute approximate surface area is 254 Å². The van der Waals surface area contributed by atoms with Gasteiger partial charge in [-0.3, -0.25) is 9.69 Å². The van der Waals surface area contributed by atoms with Gasteiger partial charge in [-0.05, 0) is 78.5 Å². The van der Waals surface area contributed by atoms with E-state index in [1.54, 1.807) is 12.1 Å². The molecule has 2 N–H and O–H groups in total. The number of nitrogens with one attached hydrogen (secondary N) is 1. The first-order valence-electron chi connectivity index (χ1n) is 14.4. The van der Waals surface area contributed by atoms with E-state index in [1.165, 1.54) is 6.07 Å². The van der Waals surface area contributed by atoms with Crippen molar-refractivity contribution in [3.8, 4) is 5.75 Å². The number of nitrogens with zero attached hydrogens (tertiary/aromatic N) is 1. The lowest BCUT2D eigenvalue weighted by atomic mass is 9.79. The standard InChI is InChI=1S/C33H33Cl2FN2O4/c1-33(16-38(17-33)30(21-5-3-2-4-6-21)22-11-23(34)13-24(35)12-22)18-42-28-15-27(36)26(14-25(28)19-7-8-19)31(39)37-29(32(40)41)20-9-10-20/h2-6,11-15,19-20,29-30H,7-10,16-18H2,1H3,(H,37,39)(H,40,41)/t29?,30-/m0/s1. The maximum absolute atomic E-state index is 15.2. The number of likely N-dealkylation sites (tertiary alicyclic amines) is 1. The van der Waals surface area contributed by atoms with Crippen LogP contribution in [-0.2, 0) is 4.79 Å². The average Bonchev–Trinajstić information content (AvgIpc) is 3.84. The number of carbonyl (C=O) groups is 2. The molecule has 1 amide bonds. The fourth-order valence-electron chi connectivity index (χ4n) is 6.06. The Kier molecular flexibility index (Phi) is 7.94. The van der Waals surface area contributed by atoms with Gasteiger partial charge in [0.2, 0.25) is 0 Å². The summed E-state index contributed by atoms with van der Waals surface area (Å²) in [6, 6.07) is 17.6. The second-order valence-electron chi connectivity index (χ2n) is 12.3. The van der Waals surface area contributed by atoms with Crippen LogP contribution < -0.4 is 10.1 Å². The van der Waals surface area contributed by atoms with E-state index in [0.717, 1.165) is 55.5 Å². The molecule has 2 aliphatic carbocycles. The summed E-state index contributed by atoms with van der Waals surface area (Å²) in [5.41, 5.74) is 2.64. The third-order valence-corrected chi connectivity index (χ3v) is 8.87. The molecule has 42 heavy (non-hydrogen) atoms. The molecule has 0 radical (unpaired) electrons. The van der Waals surface area contributed by atoms with E-state index >= 15 is 4.39 Å². The summed E-state index contributed by atoms with van der Waals surface area (Å²) in [7, 11) is 0. The number of amides is 1. The molecule has 9 heteroatoms. The monoisotopic (exact) mass is 610 g/mol. The van der Waals surface area contributed by atoms with Gasteiger partial charge < -0.3 is 15.2 Å². The van der Waals surface area contributed by atoms with Crippen LogP contribution >= 0.6 is 23.2 Å². The van der Waals surface area contributed by atoms with E-state index in [9.17, 15) is 14.7 Å². The Hall–Kier alpha value is -3.13. The summed E-state index contributed by atoms with van der Waals surface area (Å²) in [6.45, 7) is 4.02. The zero-order chi connectivity index (χ0) is 29.6. The first kappa shape index (κ1) is 29.0. The van der Waals surface area contributed by atoms with Crippen LogP contribution in [0.2, 0.25) is 10.0 Å². The minimum atomic E-state index is -1.09. The van der Waals surface area contributed by atoms with Gasteiger partial charge in [0.1, 0.15) is 17.6 Å². The fraction of sp³-hybridized carbons (Fsp3) is 0.394. The Bertz CT molecular complexity index is 1480. The molecule has 0 spiro atoms. The molecule has 1 saturated heterocycles. The van der Waals surface area contributed by atoms with Gasteiger partial charge in [-0.1, -0.05) is 60.5 Å². The molecule has 2 saturated carbocycles. The van der Waals surface area contributed by atoms with Crippen molar-refractivity contribution in [1.29, 1.82) is 0 Å². The molecule has 3 aromatic carbocycles. The van der Waals surface area contributed by atoms with Crippen molar-refractivity contribution < 1.29 is 23.8 Å². The third kappa shape index (κ3) is 6.29. The summed E-state index contributed by atoms with van der Waals surface area (Å²) in [5.74, 6) is -1.95. The van der Waals surface area contributed by atoms with Crippen LogP contribution in [0.5, 0.6) is 5.75 Å². The molecular weight excluding hydrogens is 578 g/mol.